The first kappa shape index (κ1) is 21.1. The van der Waals surface area contributed by atoms with Crippen molar-refractivity contribution in [2.24, 2.45) is 0 Å². The van der Waals surface area contributed by atoms with Gasteiger partial charge in [0.25, 0.3) is 0 Å². The number of aromatic amines is 1. The molecule has 1 saturated heterocycles. The third kappa shape index (κ3) is 3.79. The summed E-state index contributed by atoms with van der Waals surface area (Å²) in [5.74, 6) is -1.62. The number of aromatic nitrogens is 1. The Morgan fingerprint density at radius 3 is 2.44 bits per heavy atom. The van der Waals surface area contributed by atoms with E-state index in [4.69, 9.17) is 0 Å². The van der Waals surface area contributed by atoms with Gasteiger partial charge in [0.15, 0.2) is 0 Å². The number of halogens is 3. The summed E-state index contributed by atoms with van der Waals surface area (Å²) in [5.41, 5.74) is 2.40. The third-order valence-electron chi connectivity index (χ3n) is 6.83. The first-order chi connectivity index (χ1) is 15.2. The van der Waals surface area contributed by atoms with E-state index >= 15 is 0 Å². The minimum atomic E-state index is -0.659. The highest BCUT2D eigenvalue weighted by molar-refractivity contribution is 5.92. The van der Waals surface area contributed by atoms with Gasteiger partial charge in [-0.2, -0.15) is 0 Å². The van der Waals surface area contributed by atoms with Gasteiger partial charge in [0, 0.05) is 23.0 Å². The van der Waals surface area contributed by atoms with Crippen LogP contribution in [0.4, 0.5) is 13.2 Å². The molecule has 0 spiro atoms. The van der Waals surface area contributed by atoms with E-state index in [9.17, 15) is 18.0 Å². The highest BCUT2D eigenvalue weighted by atomic mass is 19.1. The lowest BCUT2D eigenvalue weighted by atomic mass is 9.74. The largest absolute Gasteiger partial charge is 0.352 e. The number of rotatable bonds is 4. The van der Waals surface area contributed by atoms with Crippen LogP contribution in [-0.2, 0) is 4.79 Å². The molecular weight excluding hydrogens is 415 g/mol. The van der Waals surface area contributed by atoms with Crippen molar-refractivity contribution in [3.63, 3.8) is 0 Å². The van der Waals surface area contributed by atoms with Gasteiger partial charge < -0.3 is 15.6 Å². The predicted molar refractivity (Wildman–Crippen MR) is 118 cm³/mol. The maximum atomic E-state index is 14.5. The van der Waals surface area contributed by atoms with Crippen molar-refractivity contribution in [2.75, 3.05) is 0 Å². The normalized spacial score (nSPS) is 24.5. The molecule has 3 N–H and O–H groups in total. The Balaban J connectivity index is 1.40. The second-order valence-electron chi connectivity index (χ2n) is 9.72. The molecule has 2 aliphatic rings. The average molecular weight is 441 g/mol. The van der Waals surface area contributed by atoms with Gasteiger partial charge in [0.05, 0.1) is 17.3 Å². The van der Waals surface area contributed by atoms with Crippen LogP contribution in [0.3, 0.4) is 0 Å². The van der Waals surface area contributed by atoms with E-state index in [1.807, 2.05) is 0 Å². The Morgan fingerprint density at radius 1 is 1.06 bits per heavy atom. The molecule has 168 valence electrons. The van der Waals surface area contributed by atoms with Crippen molar-refractivity contribution in [3.05, 3.63) is 59.4 Å². The molecule has 2 fully saturated rings. The average Bonchev–Trinajstić information content (AvgIpc) is 3.25. The number of nitrogens with one attached hydrogen (secondary N) is 3. The van der Waals surface area contributed by atoms with Gasteiger partial charge in [0.1, 0.15) is 17.5 Å². The van der Waals surface area contributed by atoms with E-state index in [1.165, 1.54) is 18.2 Å². The van der Waals surface area contributed by atoms with Crippen molar-refractivity contribution < 1.29 is 18.0 Å². The van der Waals surface area contributed by atoms with E-state index in [0.29, 0.717) is 29.5 Å². The molecule has 4 nitrogen and oxygen atoms in total. The molecule has 0 bridgehead atoms. The van der Waals surface area contributed by atoms with Gasteiger partial charge in [-0.05, 0) is 86.9 Å². The van der Waals surface area contributed by atoms with Gasteiger partial charge in [-0.25, -0.2) is 13.2 Å². The van der Waals surface area contributed by atoms with E-state index in [1.54, 1.807) is 12.1 Å². The number of fused-ring (bicyclic) bond motifs is 1. The number of hydrogen-bond donors (Lipinski definition) is 3. The molecule has 3 aromatic rings. The second kappa shape index (κ2) is 7.66. The first-order valence-corrected chi connectivity index (χ1v) is 11.0. The summed E-state index contributed by atoms with van der Waals surface area (Å²) in [4.78, 5) is 15.7. The Labute approximate surface area is 184 Å². The zero-order valence-corrected chi connectivity index (χ0v) is 18.1. The van der Waals surface area contributed by atoms with Gasteiger partial charge in [-0.1, -0.05) is 0 Å². The monoisotopic (exact) mass is 441 g/mol. The molecule has 1 aliphatic heterocycles. The number of H-pyrrole nitrogens is 1. The van der Waals surface area contributed by atoms with Crippen LogP contribution in [0.1, 0.15) is 51.0 Å². The van der Waals surface area contributed by atoms with Crippen LogP contribution in [0.25, 0.3) is 22.2 Å². The highest BCUT2D eigenvalue weighted by Crippen LogP contribution is 2.45. The molecule has 1 amide bonds. The topological polar surface area (TPSA) is 56.9 Å². The summed E-state index contributed by atoms with van der Waals surface area (Å²) in [6, 6.07) is 7.98. The quantitative estimate of drug-likeness (QED) is 0.525. The molecule has 7 heteroatoms. The van der Waals surface area contributed by atoms with Crippen LogP contribution in [0.2, 0.25) is 0 Å². The summed E-state index contributed by atoms with van der Waals surface area (Å²) < 4.78 is 42.0. The van der Waals surface area contributed by atoms with Gasteiger partial charge >= 0.3 is 0 Å². The molecule has 0 radical (unpaired) electrons. The van der Waals surface area contributed by atoms with E-state index < -0.39 is 11.6 Å². The van der Waals surface area contributed by atoms with Gasteiger partial charge in [-0.15, -0.1) is 0 Å². The van der Waals surface area contributed by atoms with Gasteiger partial charge in [-0.3, -0.25) is 4.79 Å². The summed E-state index contributed by atoms with van der Waals surface area (Å²) in [7, 11) is 0. The van der Waals surface area contributed by atoms with Gasteiger partial charge in [0.2, 0.25) is 5.91 Å². The van der Waals surface area contributed by atoms with Crippen LogP contribution in [-0.4, -0.2) is 28.5 Å². The fraction of sp³-hybridized carbons (Fsp3) is 0.400. The lowest BCUT2D eigenvalue weighted by Gasteiger charge is -2.37. The van der Waals surface area contributed by atoms with Crippen LogP contribution in [0.15, 0.2) is 36.4 Å². The molecule has 2 heterocycles. The maximum absolute atomic E-state index is 14.5. The Hall–Kier alpha value is -2.80. The van der Waals surface area contributed by atoms with E-state index in [0.717, 1.165) is 24.5 Å². The highest BCUT2D eigenvalue weighted by Gasteiger charge is 2.39. The SMILES string of the molecule is CC1(C)CCC(C(=O)N[C@H]2C[C@@H](c3c(-c4ccc(F)cc4)[nH]c4c(F)cc(F)cc43)C2)N1. The second-order valence-corrected chi connectivity index (χ2v) is 9.72. The molecule has 1 aliphatic carbocycles. The smallest absolute Gasteiger partial charge is 0.237 e. The predicted octanol–water partition coefficient (Wildman–Crippen LogP) is 5.15. The van der Waals surface area contributed by atoms with Crippen LogP contribution < -0.4 is 10.6 Å². The summed E-state index contributed by atoms with van der Waals surface area (Å²) in [6.45, 7) is 4.18. The van der Waals surface area contributed by atoms with Crippen molar-refractivity contribution in [2.45, 2.75) is 63.1 Å². The van der Waals surface area contributed by atoms with Crippen molar-refractivity contribution in [1.82, 2.24) is 15.6 Å². The number of carbonyl (C=O) groups excluding carboxylic acids is 1. The molecule has 1 atom stereocenters. The molecule has 1 aromatic heterocycles. The zero-order chi connectivity index (χ0) is 22.6. The molecule has 1 unspecified atom stereocenters. The van der Waals surface area contributed by atoms with Crippen molar-refractivity contribution in [3.8, 4) is 11.3 Å². The minimum Gasteiger partial charge on any atom is -0.352 e. The summed E-state index contributed by atoms with van der Waals surface area (Å²) in [6.07, 6.45) is 3.12. The number of carbonyl (C=O) groups is 1. The molecular formula is C25H26F3N3O. The zero-order valence-electron chi connectivity index (χ0n) is 18.1. The number of hydrogen-bond acceptors (Lipinski definition) is 2. The minimum absolute atomic E-state index is 0.00815. The molecule has 1 saturated carbocycles. The molecule has 5 rings (SSSR count). The van der Waals surface area contributed by atoms with Crippen molar-refractivity contribution in [1.29, 1.82) is 0 Å². The Kier molecular flexibility index (Phi) is 5.04. The fourth-order valence-electron chi connectivity index (χ4n) is 5.10. The summed E-state index contributed by atoms with van der Waals surface area (Å²) in [5, 5.41) is 6.98. The molecule has 2 aromatic carbocycles. The maximum Gasteiger partial charge on any atom is 0.237 e. The lowest BCUT2D eigenvalue weighted by molar-refractivity contribution is -0.124. The third-order valence-corrected chi connectivity index (χ3v) is 6.83. The Morgan fingerprint density at radius 2 is 1.78 bits per heavy atom. The summed E-state index contributed by atoms with van der Waals surface area (Å²) >= 11 is 0. The van der Waals surface area contributed by atoms with Crippen LogP contribution in [0, 0.1) is 17.5 Å². The Bertz CT molecular complexity index is 1180. The number of amides is 1. The lowest BCUT2D eigenvalue weighted by Crippen LogP contribution is -2.51. The van der Waals surface area contributed by atoms with Crippen molar-refractivity contribution >= 4 is 16.8 Å². The number of benzene rings is 2. The van der Waals surface area contributed by atoms with Crippen LogP contribution in [0.5, 0.6) is 0 Å². The van der Waals surface area contributed by atoms with Crippen LogP contribution >= 0.6 is 0 Å². The molecule has 32 heavy (non-hydrogen) atoms. The first-order valence-electron chi connectivity index (χ1n) is 11.0. The fourth-order valence-corrected chi connectivity index (χ4v) is 5.10. The van der Waals surface area contributed by atoms with E-state index in [-0.39, 0.29) is 40.8 Å². The van der Waals surface area contributed by atoms with E-state index in [2.05, 4.69) is 29.5 Å². The standard InChI is InChI=1S/C25H26F3N3O/c1-25(2)8-7-20(31-25)24(32)29-17-9-14(10-17)21-18-11-16(27)12-19(28)23(18)30-22(21)13-3-5-15(26)6-4-13/h3-6,11-12,14,17,20,30-31H,7-10H2,1-2H3,(H,29,32)/t14-,17+,20?.